The van der Waals surface area contributed by atoms with Gasteiger partial charge in [0.15, 0.2) is 12.4 Å². The van der Waals surface area contributed by atoms with Crippen molar-refractivity contribution in [1.29, 1.82) is 0 Å². The maximum Gasteiger partial charge on any atom is 0.295 e. The highest BCUT2D eigenvalue weighted by molar-refractivity contribution is 6.46. The number of aryl methyl sites for hydroxylation is 1. The lowest BCUT2D eigenvalue weighted by molar-refractivity contribution is -0.908. The van der Waals surface area contributed by atoms with E-state index in [2.05, 4.69) is 4.98 Å². The normalized spacial score (nSPS) is 21.6. The molecule has 1 atom stereocenters. The van der Waals surface area contributed by atoms with Gasteiger partial charge in [0.1, 0.15) is 18.8 Å². The first-order valence-corrected chi connectivity index (χ1v) is 10.8. The number of pyridine rings is 1. The van der Waals surface area contributed by atoms with Gasteiger partial charge >= 0.3 is 0 Å². The summed E-state index contributed by atoms with van der Waals surface area (Å²) in [5.41, 5.74) is 2.50. The van der Waals surface area contributed by atoms with Crippen molar-refractivity contribution >= 4 is 17.4 Å². The van der Waals surface area contributed by atoms with Crippen LogP contribution in [0.5, 0.6) is 0 Å². The zero-order chi connectivity index (χ0) is 21.8. The predicted octanol–water partition coefficient (Wildman–Crippen LogP) is 0.536. The lowest BCUT2D eigenvalue weighted by Crippen LogP contribution is -3.14. The number of nitrogens with one attached hydrogen (secondary N) is 2. The van der Waals surface area contributed by atoms with Crippen molar-refractivity contribution in [3.63, 3.8) is 0 Å². The van der Waals surface area contributed by atoms with Crippen molar-refractivity contribution < 1.29 is 29.3 Å². The summed E-state index contributed by atoms with van der Waals surface area (Å²) in [7, 11) is 0. The second-order valence-electron chi connectivity index (χ2n) is 8.16. The van der Waals surface area contributed by atoms with Crippen molar-refractivity contribution in [2.75, 3.05) is 39.4 Å². The Kier molecular flexibility index (Phi) is 6.44. The quantitative estimate of drug-likeness (QED) is 0.403. The SMILES string of the molecule is Cc1ccc(C(O)=C2C(=O)C(=O)N(CCC[NH+]3CCOCC3)C2c2ccc[nH+]c2)cc1. The van der Waals surface area contributed by atoms with Gasteiger partial charge in [0, 0.05) is 30.2 Å². The van der Waals surface area contributed by atoms with Gasteiger partial charge in [-0.2, -0.15) is 0 Å². The molecular weight excluding hydrogens is 394 g/mol. The van der Waals surface area contributed by atoms with Gasteiger partial charge < -0.3 is 19.6 Å². The first-order valence-electron chi connectivity index (χ1n) is 10.8. The monoisotopic (exact) mass is 423 g/mol. The molecule has 2 aliphatic rings. The van der Waals surface area contributed by atoms with Gasteiger partial charge in [-0.15, -0.1) is 0 Å². The summed E-state index contributed by atoms with van der Waals surface area (Å²) < 4.78 is 5.41. The van der Waals surface area contributed by atoms with Crippen LogP contribution in [0.25, 0.3) is 5.76 Å². The lowest BCUT2D eigenvalue weighted by Gasteiger charge is -2.27. The molecule has 1 unspecified atom stereocenters. The molecule has 1 aromatic heterocycles. The Morgan fingerprint density at radius 1 is 1.19 bits per heavy atom. The molecule has 0 bridgehead atoms. The third-order valence-electron chi connectivity index (χ3n) is 6.04. The Labute approximate surface area is 182 Å². The molecule has 1 amide bonds. The molecule has 0 spiro atoms. The number of morpholine rings is 1. The minimum absolute atomic E-state index is 0.131. The van der Waals surface area contributed by atoms with Crippen LogP contribution in [0.3, 0.4) is 0 Å². The average Bonchev–Trinajstić information content (AvgIpc) is 3.05. The van der Waals surface area contributed by atoms with E-state index >= 15 is 0 Å². The van der Waals surface area contributed by atoms with Crippen LogP contribution in [0, 0.1) is 6.92 Å². The number of hydrogen-bond donors (Lipinski definition) is 2. The molecule has 3 N–H and O–H groups in total. The van der Waals surface area contributed by atoms with E-state index in [1.807, 2.05) is 31.2 Å². The number of amides is 1. The maximum absolute atomic E-state index is 13.0. The smallest absolute Gasteiger partial charge is 0.295 e. The van der Waals surface area contributed by atoms with Crippen molar-refractivity contribution in [3.8, 4) is 0 Å². The van der Waals surface area contributed by atoms with Crippen molar-refractivity contribution in [2.24, 2.45) is 0 Å². The number of aliphatic hydroxyl groups excluding tert-OH is 1. The first-order chi connectivity index (χ1) is 15.1. The van der Waals surface area contributed by atoms with Crippen LogP contribution in [0.1, 0.15) is 29.2 Å². The third-order valence-corrected chi connectivity index (χ3v) is 6.04. The van der Waals surface area contributed by atoms with Crippen LogP contribution in [-0.4, -0.2) is 61.1 Å². The summed E-state index contributed by atoms with van der Waals surface area (Å²) in [6, 6.07) is 10.4. The van der Waals surface area contributed by atoms with Gasteiger partial charge in [0.2, 0.25) is 0 Å². The number of ether oxygens (including phenoxy) is 1. The molecule has 4 rings (SSSR count). The Hall–Kier alpha value is -3.03. The number of aromatic nitrogens is 1. The Morgan fingerprint density at radius 2 is 1.94 bits per heavy atom. The fraction of sp³-hybridized carbons (Fsp3) is 0.375. The van der Waals surface area contributed by atoms with Gasteiger partial charge in [0.05, 0.1) is 31.4 Å². The Bertz CT molecular complexity index is 966. The number of ketones is 1. The van der Waals surface area contributed by atoms with Gasteiger partial charge in [-0.1, -0.05) is 29.8 Å². The highest BCUT2D eigenvalue weighted by Gasteiger charge is 2.46. The molecule has 7 heteroatoms. The van der Waals surface area contributed by atoms with E-state index < -0.39 is 17.7 Å². The molecule has 7 nitrogen and oxygen atoms in total. The third kappa shape index (κ3) is 4.52. The van der Waals surface area contributed by atoms with E-state index in [1.165, 1.54) is 4.90 Å². The standard InChI is InChI=1S/C24H27N3O4/c1-17-5-7-18(8-6-17)22(28)20-21(19-4-2-9-25-16-19)27(24(30)23(20)29)11-3-10-26-12-14-31-15-13-26/h2,4-9,16,21,28H,3,10-15H2,1H3/p+2. The van der Waals surface area contributed by atoms with Crippen LogP contribution in [-0.2, 0) is 14.3 Å². The molecular formula is C24H29N3O4+2. The molecule has 2 saturated heterocycles. The van der Waals surface area contributed by atoms with E-state index in [-0.39, 0.29) is 11.3 Å². The van der Waals surface area contributed by atoms with Crippen molar-refractivity contribution in [2.45, 2.75) is 19.4 Å². The summed E-state index contributed by atoms with van der Waals surface area (Å²) in [4.78, 5) is 32.1. The molecule has 31 heavy (non-hydrogen) atoms. The Morgan fingerprint density at radius 3 is 2.61 bits per heavy atom. The minimum atomic E-state index is -0.634. The summed E-state index contributed by atoms with van der Waals surface area (Å²) in [6.07, 6.45) is 4.33. The highest BCUT2D eigenvalue weighted by atomic mass is 16.5. The molecule has 162 valence electrons. The van der Waals surface area contributed by atoms with Crippen LogP contribution >= 0.6 is 0 Å². The largest absolute Gasteiger partial charge is 0.507 e. The summed E-state index contributed by atoms with van der Waals surface area (Å²) in [5, 5.41) is 11.0. The molecule has 0 saturated carbocycles. The summed E-state index contributed by atoms with van der Waals surface area (Å²) in [5.74, 6) is -1.32. The van der Waals surface area contributed by atoms with Crippen LogP contribution in [0.2, 0.25) is 0 Å². The predicted molar refractivity (Wildman–Crippen MR) is 114 cm³/mol. The number of likely N-dealkylation sites (tertiary alicyclic amines) is 1. The maximum atomic E-state index is 13.0. The van der Waals surface area contributed by atoms with Gasteiger partial charge in [-0.3, -0.25) is 9.59 Å². The van der Waals surface area contributed by atoms with Crippen molar-refractivity contribution in [3.05, 3.63) is 71.1 Å². The molecule has 0 aliphatic carbocycles. The topological polar surface area (TPSA) is 85.4 Å². The van der Waals surface area contributed by atoms with Gasteiger partial charge in [0.25, 0.3) is 11.7 Å². The number of rotatable bonds is 6. The number of nitrogens with zero attached hydrogens (tertiary/aromatic N) is 1. The summed E-state index contributed by atoms with van der Waals surface area (Å²) >= 11 is 0. The first kappa shape index (κ1) is 21.2. The van der Waals surface area contributed by atoms with E-state index in [1.54, 1.807) is 29.4 Å². The molecule has 0 radical (unpaired) electrons. The Balaban J connectivity index is 1.64. The van der Waals surface area contributed by atoms with E-state index in [0.717, 1.165) is 50.4 Å². The number of aromatic amines is 1. The average molecular weight is 424 g/mol. The van der Waals surface area contributed by atoms with Crippen LogP contribution in [0.15, 0.2) is 54.4 Å². The van der Waals surface area contributed by atoms with Crippen LogP contribution < -0.4 is 9.88 Å². The van der Waals surface area contributed by atoms with E-state index in [4.69, 9.17) is 4.74 Å². The number of carbonyl (C=O) groups excluding carboxylic acids is 2. The molecule has 1 aromatic carbocycles. The van der Waals surface area contributed by atoms with E-state index in [9.17, 15) is 14.7 Å². The van der Waals surface area contributed by atoms with Gasteiger partial charge in [-0.25, -0.2) is 4.98 Å². The van der Waals surface area contributed by atoms with Gasteiger partial charge in [-0.05, 0) is 13.0 Å². The number of benzene rings is 1. The number of carbonyl (C=O) groups is 2. The lowest BCUT2D eigenvalue weighted by atomic mass is 9.96. The highest BCUT2D eigenvalue weighted by Crippen LogP contribution is 2.38. The molecule has 2 fully saturated rings. The number of H-pyrrole nitrogens is 1. The number of quaternary nitrogens is 1. The zero-order valence-electron chi connectivity index (χ0n) is 17.8. The zero-order valence-corrected chi connectivity index (χ0v) is 17.8. The second kappa shape index (κ2) is 9.41. The minimum Gasteiger partial charge on any atom is -0.507 e. The molecule has 2 aliphatic heterocycles. The number of Topliss-reactive ketones (excluding diaryl/α,β-unsaturated/α-hetero) is 1. The van der Waals surface area contributed by atoms with Crippen molar-refractivity contribution in [1.82, 2.24) is 4.90 Å². The number of aliphatic hydroxyl groups is 1. The summed E-state index contributed by atoms with van der Waals surface area (Å²) in [6.45, 7) is 6.77. The number of hydrogen-bond acceptors (Lipinski definition) is 4. The molecule has 3 heterocycles. The second-order valence-corrected chi connectivity index (χ2v) is 8.16. The fourth-order valence-electron chi connectivity index (χ4n) is 4.31. The van der Waals surface area contributed by atoms with E-state index in [0.29, 0.717) is 12.1 Å². The fourth-order valence-corrected chi connectivity index (χ4v) is 4.31. The van der Waals surface area contributed by atoms with Crippen LogP contribution in [0.4, 0.5) is 0 Å². The molecule has 2 aromatic rings.